The van der Waals surface area contributed by atoms with Gasteiger partial charge in [0.2, 0.25) is 0 Å². The third kappa shape index (κ3) is 29.7. The zero-order valence-corrected chi connectivity index (χ0v) is 20.4. The van der Waals surface area contributed by atoms with Crippen LogP contribution in [-0.4, -0.2) is 12.9 Å². The molecule has 1 aromatic carbocycles. The number of aryl methyl sites for hydroxylation is 1. The highest BCUT2D eigenvalue weighted by atomic mass is 16.5. The third-order valence-corrected chi connectivity index (χ3v) is 3.60. The van der Waals surface area contributed by atoms with E-state index in [0.29, 0.717) is 6.42 Å². The van der Waals surface area contributed by atoms with Gasteiger partial charge in [0.1, 0.15) is 11.5 Å². The number of benzene rings is 1. The number of rotatable bonds is 7. The van der Waals surface area contributed by atoms with Crippen LogP contribution in [-0.2, 0) is 11.2 Å². The van der Waals surface area contributed by atoms with Gasteiger partial charge in [-0.3, -0.25) is 0 Å². The summed E-state index contributed by atoms with van der Waals surface area (Å²) in [4.78, 5) is 9.81. The lowest BCUT2D eigenvalue weighted by Crippen LogP contribution is -1.91. The Morgan fingerprint density at radius 3 is 1.70 bits per heavy atom. The molecule has 0 heterocycles. The van der Waals surface area contributed by atoms with E-state index in [9.17, 15) is 4.79 Å². The highest BCUT2D eigenvalue weighted by molar-refractivity contribution is 5.74. The van der Waals surface area contributed by atoms with Crippen molar-refractivity contribution in [3.8, 4) is 5.75 Å². The van der Waals surface area contributed by atoms with Gasteiger partial charge in [-0.2, -0.15) is 0 Å². The standard InChI is InChI=1S/C9H12O.C8H18.C4H8O.2C2H6/c1-3-8-5-4-6-9(7-8)10-2;1-4-6-8(3)7-5-2;1-3-4(2)5;2*1-2/h4-7H,3H2,1-2H3;8H,4-7H2,1-3H3;3H2,1-2H3;2*1-2H3. The van der Waals surface area contributed by atoms with Crippen molar-refractivity contribution in [2.75, 3.05) is 7.11 Å². The van der Waals surface area contributed by atoms with Gasteiger partial charge in [-0.15, -0.1) is 0 Å². The summed E-state index contributed by atoms with van der Waals surface area (Å²) < 4.78 is 5.06. The van der Waals surface area contributed by atoms with E-state index in [1.54, 1.807) is 14.0 Å². The van der Waals surface area contributed by atoms with E-state index in [1.165, 1.54) is 31.2 Å². The second-order valence-electron chi connectivity index (χ2n) is 5.94. The minimum absolute atomic E-state index is 0.255. The Bertz CT molecular complexity index is 360. The molecule has 0 bridgehead atoms. The molecule has 2 nitrogen and oxygen atoms in total. The van der Waals surface area contributed by atoms with E-state index in [2.05, 4.69) is 39.8 Å². The lowest BCUT2D eigenvalue weighted by Gasteiger charge is -2.05. The molecule has 0 saturated heterocycles. The topological polar surface area (TPSA) is 26.3 Å². The van der Waals surface area contributed by atoms with Crippen molar-refractivity contribution in [2.24, 2.45) is 5.92 Å². The first kappa shape index (κ1) is 33.3. The van der Waals surface area contributed by atoms with Gasteiger partial charge in [0.15, 0.2) is 0 Å². The van der Waals surface area contributed by atoms with Gasteiger partial charge in [0.25, 0.3) is 0 Å². The van der Waals surface area contributed by atoms with Crippen molar-refractivity contribution in [3.63, 3.8) is 0 Å². The summed E-state index contributed by atoms with van der Waals surface area (Å²) in [7, 11) is 1.69. The molecule has 0 fully saturated rings. The Labute approximate surface area is 172 Å². The summed E-state index contributed by atoms with van der Waals surface area (Å²) in [5, 5.41) is 0. The number of hydrogen-bond donors (Lipinski definition) is 0. The second-order valence-corrected chi connectivity index (χ2v) is 5.94. The van der Waals surface area contributed by atoms with Gasteiger partial charge in [-0.25, -0.2) is 0 Å². The quantitative estimate of drug-likeness (QED) is 0.472. The van der Waals surface area contributed by atoms with Crippen molar-refractivity contribution in [2.45, 2.75) is 108 Å². The summed E-state index contributed by atoms with van der Waals surface area (Å²) in [5.74, 6) is 2.16. The first-order chi connectivity index (χ1) is 12.9. The summed E-state index contributed by atoms with van der Waals surface area (Å²) in [6.07, 6.45) is 7.25. The van der Waals surface area contributed by atoms with Crippen LogP contribution in [0.15, 0.2) is 24.3 Å². The van der Waals surface area contributed by atoms with Gasteiger partial charge in [-0.05, 0) is 37.0 Å². The molecule has 27 heavy (non-hydrogen) atoms. The van der Waals surface area contributed by atoms with Crippen LogP contribution >= 0.6 is 0 Å². The minimum Gasteiger partial charge on any atom is -0.497 e. The van der Waals surface area contributed by atoms with E-state index in [1.807, 2.05) is 46.8 Å². The van der Waals surface area contributed by atoms with Crippen molar-refractivity contribution in [3.05, 3.63) is 29.8 Å². The molecule has 0 saturated carbocycles. The SMILES string of the molecule is CC.CC.CCC(C)=O.CCCC(C)CCC.CCc1cccc(OC)c1. The predicted octanol–water partition coefficient (Wildman–Crippen LogP) is 8.52. The average molecular weight is 383 g/mol. The van der Waals surface area contributed by atoms with Crippen LogP contribution in [0.4, 0.5) is 0 Å². The molecule has 1 rings (SSSR count). The first-order valence-electron chi connectivity index (χ1n) is 11.1. The second kappa shape index (κ2) is 29.5. The molecule has 162 valence electrons. The fourth-order valence-corrected chi connectivity index (χ4v) is 2.02. The molecule has 2 heteroatoms. The molecule has 0 aliphatic carbocycles. The van der Waals surface area contributed by atoms with Crippen LogP contribution in [0.3, 0.4) is 0 Å². The third-order valence-electron chi connectivity index (χ3n) is 3.60. The van der Waals surface area contributed by atoms with Crippen LogP contribution < -0.4 is 4.74 Å². The molecule has 0 aromatic heterocycles. The number of methoxy groups -OCH3 is 1. The monoisotopic (exact) mass is 382 g/mol. The van der Waals surface area contributed by atoms with Crippen molar-refractivity contribution < 1.29 is 9.53 Å². The Kier molecular flexibility index (Phi) is 36.3. The highest BCUT2D eigenvalue weighted by Crippen LogP contribution is 2.12. The zero-order chi connectivity index (χ0) is 22.1. The highest BCUT2D eigenvalue weighted by Gasteiger charge is 1.95. The summed E-state index contributed by atoms with van der Waals surface area (Å²) >= 11 is 0. The first-order valence-corrected chi connectivity index (χ1v) is 11.1. The van der Waals surface area contributed by atoms with E-state index in [0.717, 1.165) is 18.1 Å². The van der Waals surface area contributed by atoms with Gasteiger partial charge >= 0.3 is 0 Å². The number of ketones is 1. The Morgan fingerprint density at radius 2 is 1.41 bits per heavy atom. The number of carbonyl (C=O) groups excluding carboxylic acids is 1. The molecule has 0 spiro atoms. The smallest absolute Gasteiger partial charge is 0.129 e. The van der Waals surface area contributed by atoms with E-state index in [-0.39, 0.29) is 5.78 Å². The van der Waals surface area contributed by atoms with Gasteiger partial charge in [0.05, 0.1) is 7.11 Å². The maximum absolute atomic E-state index is 9.81. The van der Waals surface area contributed by atoms with Crippen LogP contribution in [0, 0.1) is 5.92 Å². The van der Waals surface area contributed by atoms with Gasteiger partial charge < -0.3 is 9.53 Å². The van der Waals surface area contributed by atoms with Crippen molar-refractivity contribution >= 4 is 5.78 Å². The van der Waals surface area contributed by atoms with Gasteiger partial charge in [-0.1, -0.05) is 100 Å². The number of ether oxygens (including phenoxy) is 1. The normalized spacial score (nSPS) is 8.44. The molecule has 0 N–H and O–H groups in total. The number of carbonyl (C=O) groups is 1. The van der Waals surface area contributed by atoms with Crippen LogP contribution in [0.2, 0.25) is 0 Å². The largest absolute Gasteiger partial charge is 0.497 e. The Balaban J connectivity index is -0.000000140. The predicted molar refractivity (Wildman–Crippen MR) is 125 cm³/mol. The average Bonchev–Trinajstić information content (AvgIpc) is 2.72. The van der Waals surface area contributed by atoms with Gasteiger partial charge in [0, 0.05) is 6.42 Å². The zero-order valence-electron chi connectivity index (χ0n) is 20.4. The Hall–Kier alpha value is -1.31. The molecule has 0 unspecified atom stereocenters. The molecule has 1 aromatic rings. The van der Waals surface area contributed by atoms with Crippen molar-refractivity contribution in [1.82, 2.24) is 0 Å². The fourth-order valence-electron chi connectivity index (χ4n) is 2.02. The lowest BCUT2D eigenvalue weighted by molar-refractivity contribution is -0.116. The molecule has 0 aliphatic rings. The van der Waals surface area contributed by atoms with Crippen LogP contribution in [0.25, 0.3) is 0 Å². The maximum atomic E-state index is 9.81. The molecule has 0 aliphatic heterocycles. The number of Topliss-reactive ketones (excluding diaryl/α,β-unsaturated/α-hetero) is 1. The van der Waals surface area contributed by atoms with Crippen molar-refractivity contribution in [1.29, 1.82) is 0 Å². The lowest BCUT2D eigenvalue weighted by atomic mass is 10.0. The summed E-state index contributed by atoms with van der Waals surface area (Å²) in [6, 6.07) is 8.12. The van der Waals surface area contributed by atoms with E-state index in [4.69, 9.17) is 4.74 Å². The number of hydrogen-bond acceptors (Lipinski definition) is 2. The molecule has 0 amide bonds. The molecular weight excluding hydrogens is 332 g/mol. The molecule has 0 radical (unpaired) electrons. The fraction of sp³-hybridized carbons (Fsp3) is 0.720. The van der Waals surface area contributed by atoms with E-state index < -0.39 is 0 Å². The summed E-state index contributed by atoms with van der Waals surface area (Å²) in [5.41, 5.74) is 1.32. The van der Waals surface area contributed by atoms with E-state index >= 15 is 0 Å². The molecular formula is C25H50O2. The van der Waals surface area contributed by atoms with Crippen LogP contribution in [0.5, 0.6) is 5.75 Å². The Morgan fingerprint density at radius 1 is 0.963 bits per heavy atom. The summed E-state index contributed by atoms with van der Waals surface area (Å²) in [6.45, 7) is 20.4. The van der Waals surface area contributed by atoms with Crippen LogP contribution in [0.1, 0.15) is 107 Å². The minimum atomic E-state index is 0.255. The molecule has 0 atom stereocenters. The maximum Gasteiger partial charge on any atom is 0.129 e.